The van der Waals surface area contributed by atoms with Crippen molar-refractivity contribution in [2.24, 2.45) is 5.92 Å². The second kappa shape index (κ2) is 10.6. The van der Waals surface area contributed by atoms with Crippen molar-refractivity contribution in [3.8, 4) is 12.1 Å². The molecule has 16 heavy (non-hydrogen) atoms. The van der Waals surface area contributed by atoms with Gasteiger partial charge in [0, 0.05) is 13.2 Å². The van der Waals surface area contributed by atoms with E-state index in [1.165, 1.54) is 0 Å². The maximum atomic E-state index is 8.59. The van der Waals surface area contributed by atoms with Crippen LogP contribution in [0.3, 0.4) is 0 Å². The van der Waals surface area contributed by atoms with E-state index in [0.29, 0.717) is 19.6 Å². The summed E-state index contributed by atoms with van der Waals surface area (Å²) in [6, 6.07) is 5.02. The highest BCUT2D eigenvalue weighted by Crippen LogP contribution is 2.08. The lowest BCUT2D eigenvalue weighted by Crippen LogP contribution is -2.24. The van der Waals surface area contributed by atoms with E-state index in [2.05, 4.69) is 0 Å². The van der Waals surface area contributed by atoms with Gasteiger partial charge in [0.25, 0.3) is 0 Å². The fraction of sp³-hybridized carbons (Fsp3) is 0.818. The van der Waals surface area contributed by atoms with Gasteiger partial charge in [-0.3, -0.25) is 0 Å². The predicted octanol–water partition coefficient (Wildman–Crippen LogP) is 1.37. The maximum absolute atomic E-state index is 8.59. The average Bonchev–Trinajstić information content (AvgIpc) is 2.30. The van der Waals surface area contributed by atoms with Crippen molar-refractivity contribution in [2.45, 2.75) is 38.6 Å². The number of rotatable bonds is 9. The smallest absolute Gasteiger partial charge is 0.134 e. The summed E-state index contributed by atoms with van der Waals surface area (Å²) >= 11 is 0. The normalized spacial score (nSPS) is 11.1. The average molecular weight is 240 g/mol. The summed E-state index contributed by atoms with van der Waals surface area (Å²) in [4.78, 5) is 0. The standard InChI is InChI=1S/C11H20N2O2Si/c1-3-14-11(15-4-2)16-7-5-6-10(8-12)9-13/h10-11H,3-7,16H2,1-2H3. The Kier molecular flexibility index (Phi) is 10.0. The summed E-state index contributed by atoms with van der Waals surface area (Å²) in [7, 11) is -0.418. The van der Waals surface area contributed by atoms with Crippen molar-refractivity contribution < 1.29 is 9.47 Å². The first kappa shape index (κ1) is 15.1. The topological polar surface area (TPSA) is 66.0 Å². The fourth-order valence-electron chi connectivity index (χ4n) is 1.40. The Bertz CT molecular complexity index is 227. The van der Waals surface area contributed by atoms with Crippen LogP contribution < -0.4 is 0 Å². The summed E-state index contributed by atoms with van der Waals surface area (Å²) in [5.74, 6) is -0.454. The lowest BCUT2D eigenvalue weighted by atomic mass is 10.1. The van der Waals surface area contributed by atoms with E-state index in [-0.39, 0.29) is 5.91 Å². The first-order chi connectivity index (χ1) is 7.78. The molecule has 90 valence electrons. The minimum atomic E-state index is -0.452. The zero-order chi connectivity index (χ0) is 12.2. The Labute approximate surface area is 100.0 Å². The number of nitrogens with zero attached hydrogens (tertiary/aromatic N) is 2. The minimum absolute atomic E-state index is 0.00220. The van der Waals surface area contributed by atoms with Crippen molar-refractivity contribution in [1.29, 1.82) is 10.5 Å². The van der Waals surface area contributed by atoms with Gasteiger partial charge in [-0.15, -0.1) is 0 Å². The van der Waals surface area contributed by atoms with Gasteiger partial charge in [0.1, 0.15) is 11.8 Å². The molecule has 0 saturated carbocycles. The lowest BCUT2D eigenvalue weighted by molar-refractivity contribution is -0.0827. The van der Waals surface area contributed by atoms with Crippen LogP contribution in [0.15, 0.2) is 0 Å². The van der Waals surface area contributed by atoms with E-state index in [9.17, 15) is 0 Å². The first-order valence-corrected chi connectivity index (χ1v) is 7.62. The van der Waals surface area contributed by atoms with Crippen molar-refractivity contribution in [3.05, 3.63) is 0 Å². The predicted molar refractivity (Wildman–Crippen MR) is 64.3 cm³/mol. The van der Waals surface area contributed by atoms with E-state index in [0.717, 1.165) is 12.5 Å². The number of hydrogen-bond donors (Lipinski definition) is 0. The van der Waals surface area contributed by atoms with Crippen LogP contribution in [0.2, 0.25) is 6.04 Å². The van der Waals surface area contributed by atoms with Crippen LogP contribution in [-0.4, -0.2) is 28.6 Å². The van der Waals surface area contributed by atoms with Crippen LogP contribution in [0.5, 0.6) is 0 Å². The molecule has 0 N–H and O–H groups in total. The largest absolute Gasteiger partial charge is 0.357 e. The van der Waals surface area contributed by atoms with Gasteiger partial charge >= 0.3 is 0 Å². The molecule has 0 amide bonds. The van der Waals surface area contributed by atoms with E-state index in [4.69, 9.17) is 20.0 Å². The second-order valence-electron chi connectivity index (χ2n) is 3.44. The molecule has 0 bridgehead atoms. The van der Waals surface area contributed by atoms with Crippen LogP contribution in [0, 0.1) is 28.6 Å². The Morgan fingerprint density at radius 1 is 1.12 bits per heavy atom. The van der Waals surface area contributed by atoms with E-state index < -0.39 is 15.4 Å². The molecule has 5 heteroatoms. The SMILES string of the molecule is CCOC(OCC)[SiH2]CCCC(C#N)C#N. The van der Waals surface area contributed by atoms with Gasteiger partial charge < -0.3 is 9.47 Å². The Hall–Kier alpha value is -0.883. The van der Waals surface area contributed by atoms with Gasteiger partial charge in [-0.2, -0.15) is 10.5 Å². The Morgan fingerprint density at radius 3 is 2.12 bits per heavy atom. The first-order valence-electron chi connectivity index (χ1n) is 5.80. The number of nitriles is 2. The maximum Gasteiger partial charge on any atom is 0.134 e. The van der Waals surface area contributed by atoms with Crippen LogP contribution in [0.25, 0.3) is 0 Å². The highest BCUT2D eigenvalue weighted by Gasteiger charge is 2.09. The third kappa shape index (κ3) is 7.41. The van der Waals surface area contributed by atoms with Crippen LogP contribution >= 0.6 is 0 Å². The Balaban J connectivity index is 3.62. The summed E-state index contributed by atoms with van der Waals surface area (Å²) in [5.41, 5.74) is 0. The highest BCUT2D eigenvalue weighted by atomic mass is 28.2. The van der Waals surface area contributed by atoms with Crippen LogP contribution in [-0.2, 0) is 9.47 Å². The molecular weight excluding hydrogens is 220 g/mol. The van der Waals surface area contributed by atoms with Crippen LogP contribution in [0.4, 0.5) is 0 Å². The van der Waals surface area contributed by atoms with E-state index in [1.54, 1.807) is 0 Å². The molecule has 0 aliphatic rings. The molecule has 0 aromatic carbocycles. The molecule has 0 atom stereocenters. The van der Waals surface area contributed by atoms with Gasteiger partial charge in [0.15, 0.2) is 0 Å². The van der Waals surface area contributed by atoms with Crippen molar-refractivity contribution >= 4 is 9.52 Å². The van der Waals surface area contributed by atoms with Gasteiger partial charge in [0.2, 0.25) is 0 Å². The van der Waals surface area contributed by atoms with Crippen molar-refractivity contribution in [3.63, 3.8) is 0 Å². The van der Waals surface area contributed by atoms with Gasteiger partial charge in [-0.05, 0) is 20.3 Å². The van der Waals surface area contributed by atoms with Crippen molar-refractivity contribution in [2.75, 3.05) is 13.2 Å². The third-order valence-corrected chi connectivity index (χ3v) is 4.05. The van der Waals surface area contributed by atoms with E-state index >= 15 is 0 Å². The third-order valence-electron chi connectivity index (χ3n) is 2.20. The molecule has 0 rings (SSSR count). The molecule has 0 spiro atoms. The molecule has 0 aromatic rings. The lowest BCUT2D eigenvalue weighted by Gasteiger charge is -2.16. The van der Waals surface area contributed by atoms with Crippen LogP contribution in [0.1, 0.15) is 26.7 Å². The molecular formula is C11H20N2O2Si. The summed E-state index contributed by atoms with van der Waals surface area (Å²) in [6.07, 6.45) is 1.60. The molecule has 4 nitrogen and oxygen atoms in total. The molecule has 0 aliphatic carbocycles. The van der Waals surface area contributed by atoms with E-state index in [1.807, 2.05) is 26.0 Å². The zero-order valence-electron chi connectivity index (χ0n) is 10.1. The molecule has 0 fully saturated rings. The number of hydrogen-bond acceptors (Lipinski definition) is 4. The second-order valence-corrected chi connectivity index (χ2v) is 5.39. The molecule has 0 aromatic heterocycles. The van der Waals surface area contributed by atoms with Crippen molar-refractivity contribution in [1.82, 2.24) is 0 Å². The van der Waals surface area contributed by atoms with Gasteiger partial charge in [-0.25, -0.2) is 0 Å². The monoisotopic (exact) mass is 240 g/mol. The molecule has 0 heterocycles. The highest BCUT2D eigenvalue weighted by molar-refractivity contribution is 6.36. The molecule has 0 aliphatic heterocycles. The van der Waals surface area contributed by atoms with Gasteiger partial charge in [0.05, 0.1) is 21.7 Å². The number of ether oxygens (including phenoxy) is 2. The molecule has 0 radical (unpaired) electrons. The fourth-order valence-corrected chi connectivity index (χ4v) is 3.12. The summed E-state index contributed by atoms with van der Waals surface area (Å²) < 4.78 is 10.9. The molecule has 0 saturated heterocycles. The molecule has 0 unspecified atom stereocenters. The quantitative estimate of drug-likeness (QED) is 0.347. The summed E-state index contributed by atoms with van der Waals surface area (Å²) in [6.45, 7) is 5.27. The zero-order valence-corrected chi connectivity index (χ0v) is 11.5. The summed E-state index contributed by atoms with van der Waals surface area (Å²) in [5, 5.41) is 17.2. The Morgan fingerprint density at radius 2 is 1.69 bits per heavy atom. The van der Waals surface area contributed by atoms with Gasteiger partial charge in [-0.1, -0.05) is 12.5 Å². The minimum Gasteiger partial charge on any atom is -0.357 e.